The largest absolute Gasteiger partial charge is 0.497 e. The van der Waals surface area contributed by atoms with Crippen molar-refractivity contribution in [3.8, 4) is 11.5 Å². The number of aliphatic carboxylic acids is 1. The van der Waals surface area contributed by atoms with Crippen LogP contribution < -0.4 is 14.2 Å². The summed E-state index contributed by atoms with van der Waals surface area (Å²) in [6, 6.07) is 29.0. The summed E-state index contributed by atoms with van der Waals surface area (Å²) in [7, 11) is -2.48. The first kappa shape index (κ1) is 26.2. The van der Waals surface area contributed by atoms with Crippen LogP contribution in [0, 0.1) is 0 Å². The van der Waals surface area contributed by atoms with Gasteiger partial charge in [0.2, 0.25) is 10.0 Å². The Morgan fingerprint density at radius 1 is 0.838 bits per heavy atom. The van der Waals surface area contributed by atoms with Crippen molar-refractivity contribution >= 4 is 26.8 Å². The first-order valence-electron chi connectivity index (χ1n) is 11.9. The summed E-state index contributed by atoms with van der Waals surface area (Å²) in [5, 5.41) is 11.9. The van der Waals surface area contributed by atoms with Crippen molar-refractivity contribution < 1.29 is 27.8 Å². The molecule has 8 heteroatoms. The van der Waals surface area contributed by atoms with E-state index in [0.29, 0.717) is 11.1 Å². The van der Waals surface area contributed by atoms with E-state index < -0.39 is 21.7 Å². The van der Waals surface area contributed by atoms with Crippen molar-refractivity contribution in [1.82, 2.24) is 4.72 Å². The SMILES string of the molecule is COc1ccc(CCC(NS(=O)(=O)CCc2ccccc2)(Oc2cccc3ccccc23)C(=O)O)cc1. The number of carbonyl (C=O) groups is 1. The third-order valence-corrected chi connectivity index (χ3v) is 7.51. The second kappa shape index (κ2) is 11.5. The van der Waals surface area contributed by atoms with Gasteiger partial charge in [-0.15, -0.1) is 0 Å². The first-order valence-corrected chi connectivity index (χ1v) is 13.5. The molecule has 192 valence electrons. The number of sulfonamides is 1. The van der Waals surface area contributed by atoms with E-state index in [2.05, 4.69) is 4.72 Å². The quantitative estimate of drug-likeness (QED) is 0.261. The van der Waals surface area contributed by atoms with Crippen molar-refractivity contribution in [2.75, 3.05) is 12.9 Å². The predicted molar refractivity (Wildman–Crippen MR) is 143 cm³/mol. The molecule has 4 aromatic rings. The number of hydrogen-bond donors (Lipinski definition) is 2. The number of methoxy groups -OCH3 is 1. The van der Waals surface area contributed by atoms with Gasteiger partial charge in [-0.1, -0.05) is 78.9 Å². The van der Waals surface area contributed by atoms with Gasteiger partial charge >= 0.3 is 5.97 Å². The normalized spacial score (nSPS) is 13.1. The van der Waals surface area contributed by atoms with Crippen LogP contribution in [0.2, 0.25) is 0 Å². The molecule has 0 saturated carbocycles. The van der Waals surface area contributed by atoms with Crippen LogP contribution in [0.3, 0.4) is 0 Å². The molecule has 4 aromatic carbocycles. The zero-order valence-electron chi connectivity index (χ0n) is 20.5. The highest BCUT2D eigenvalue weighted by molar-refractivity contribution is 7.89. The molecule has 0 heterocycles. The lowest BCUT2D eigenvalue weighted by Gasteiger charge is -2.31. The monoisotopic (exact) mass is 519 g/mol. The molecule has 0 bridgehead atoms. The molecule has 0 saturated heterocycles. The van der Waals surface area contributed by atoms with Gasteiger partial charge in [0.25, 0.3) is 5.72 Å². The molecule has 0 aliphatic rings. The molecular formula is C29H29NO6S. The van der Waals surface area contributed by atoms with Gasteiger partial charge in [0, 0.05) is 11.8 Å². The lowest BCUT2D eigenvalue weighted by molar-refractivity contribution is -0.157. The number of benzene rings is 4. The van der Waals surface area contributed by atoms with Crippen molar-refractivity contribution in [2.24, 2.45) is 0 Å². The summed E-state index contributed by atoms with van der Waals surface area (Å²) >= 11 is 0. The molecule has 0 spiro atoms. The number of carboxylic acid groups (broad SMARTS) is 1. The van der Waals surface area contributed by atoms with Crippen LogP contribution in [0.25, 0.3) is 10.8 Å². The average Bonchev–Trinajstić information content (AvgIpc) is 2.91. The van der Waals surface area contributed by atoms with Crippen molar-refractivity contribution in [3.05, 3.63) is 108 Å². The van der Waals surface area contributed by atoms with Crippen LogP contribution in [0.4, 0.5) is 0 Å². The second-order valence-corrected chi connectivity index (χ2v) is 10.6. The molecule has 37 heavy (non-hydrogen) atoms. The third kappa shape index (κ3) is 6.67. The first-order chi connectivity index (χ1) is 17.8. The Bertz CT molecular complexity index is 1450. The van der Waals surface area contributed by atoms with Crippen LogP contribution in [0.15, 0.2) is 97.1 Å². The molecule has 0 aromatic heterocycles. The molecule has 1 unspecified atom stereocenters. The number of carboxylic acids is 1. The molecular weight excluding hydrogens is 490 g/mol. The van der Waals surface area contributed by atoms with Gasteiger partial charge in [-0.3, -0.25) is 0 Å². The number of hydrogen-bond acceptors (Lipinski definition) is 5. The minimum Gasteiger partial charge on any atom is -0.497 e. The Hall–Kier alpha value is -3.88. The van der Waals surface area contributed by atoms with E-state index in [1.165, 1.54) is 0 Å². The van der Waals surface area contributed by atoms with E-state index in [4.69, 9.17) is 9.47 Å². The van der Waals surface area contributed by atoms with Crippen molar-refractivity contribution in [3.63, 3.8) is 0 Å². The van der Waals surface area contributed by atoms with Crippen LogP contribution in [-0.2, 0) is 27.7 Å². The van der Waals surface area contributed by atoms with E-state index in [-0.39, 0.29) is 30.8 Å². The van der Waals surface area contributed by atoms with Gasteiger partial charge in [-0.2, -0.15) is 4.72 Å². The molecule has 0 aliphatic carbocycles. The Labute approximate surface area is 216 Å². The van der Waals surface area contributed by atoms with Gasteiger partial charge in [-0.25, -0.2) is 13.2 Å². The number of ether oxygens (including phenoxy) is 2. The minimum absolute atomic E-state index is 0.136. The second-order valence-electron chi connectivity index (χ2n) is 8.72. The third-order valence-electron chi connectivity index (χ3n) is 6.13. The molecule has 0 aliphatic heterocycles. The predicted octanol–water partition coefficient (Wildman–Crippen LogP) is 4.80. The highest BCUT2D eigenvalue weighted by atomic mass is 32.2. The topological polar surface area (TPSA) is 102 Å². The van der Waals surface area contributed by atoms with Gasteiger partial charge in [-0.05, 0) is 47.6 Å². The summed E-state index contributed by atoms with van der Waals surface area (Å²) in [4.78, 5) is 12.8. The Morgan fingerprint density at radius 3 is 2.19 bits per heavy atom. The number of aryl methyl sites for hydroxylation is 2. The average molecular weight is 520 g/mol. The van der Waals surface area contributed by atoms with Gasteiger partial charge in [0.15, 0.2) is 0 Å². The van der Waals surface area contributed by atoms with E-state index >= 15 is 0 Å². The zero-order chi connectivity index (χ0) is 26.3. The molecule has 7 nitrogen and oxygen atoms in total. The maximum atomic E-state index is 13.2. The Morgan fingerprint density at radius 2 is 1.49 bits per heavy atom. The van der Waals surface area contributed by atoms with Crippen molar-refractivity contribution in [2.45, 2.75) is 25.0 Å². The fraction of sp³-hybridized carbons (Fsp3) is 0.207. The van der Waals surface area contributed by atoms with Crippen LogP contribution in [0.5, 0.6) is 11.5 Å². The lowest BCUT2D eigenvalue weighted by Crippen LogP contribution is -2.59. The molecule has 1 atom stereocenters. The minimum atomic E-state index is -4.05. The Kier molecular flexibility index (Phi) is 8.11. The Balaban J connectivity index is 1.66. The smallest absolute Gasteiger partial charge is 0.364 e. The van der Waals surface area contributed by atoms with Crippen LogP contribution in [-0.4, -0.2) is 38.1 Å². The lowest BCUT2D eigenvalue weighted by atomic mass is 10.0. The molecule has 2 N–H and O–H groups in total. The van der Waals surface area contributed by atoms with Crippen LogP contribution in [0.1, 0.15) is 17.5 Å². The standard InChI is InChI=1S/C29H29NO6S/c1-35-25-16-14-23(15-17-25)18-20-29(28(31)32,30-37(33,34)21-19-22-8-3-2-4-9-22)36-27-13-7-11-24-10-5-6-12-26(24)27/h2-17,30H,18-21H2,1H3,(H,31,32). The maximum absolute atomic E-state index is 13.2. The summed E-state index contributed by atoms with van der Waals surface area (Å²) < 4.78 is 40.1. The number of fused-ring (bicyclic) bond motifs is 1. The molecule has 0 amide bonds. The summed E-state index contributed by atoms with van der Waals surface area (Å²) in [6.07, 6.45) is 0.351. The summed E-state index contributed by atoms with van der Waals surface area (Å²) in [5.41, 5.74) is -0.571. The zero-order valence-corrected chi connectivity index (χ0v) is 21.3. The van der Waals surface area contributed by atoms with Crippen LogP contribution >= 0.6 is 0 Å². The molecule has 0 fully saturated rings. The molecule has 4 rings (SSSR count). The van der Waals surface area contributed by atoms with E-state index in [9.17, 15) is 18.3 Å². The number of nitrogens with one attached hydrogen (secondary N) is 1. The highest BCUT2D eigenvalue weighted by Gasteiger charge is 2.45. The molecule has 0 radical (unpaired) electrons. The fourth-order valence-corrected chi connectivity index (χ4v) is 5.44. The summed E-state index contributed by atoms with van der Waals surface area (Å²) in [5.74, 6) is -0.756. The van der Waals surface area contributed by atoms with E-state index in [0.717, 1.165) is 16.5 Å². The van der Waals surface area contributed by atoms with Gasteiger partial charge in [0.1, 0.15) is 11.5 Å². The van der Waals surface area contributed by atoms with Crippen molar-refractivity contribution in [1.29, 1.82) is 0 Å². The number of rotatable bonds is 12. The summed E-state index contributed by atoms with van der Waals surface area (Å²) in [6.45, 7) is 0. The fourth-order valence-electron chi connectivity index (χ4n) is 4.10. The van der Waals surface area contributed by atoms with Gasteiger partial charge in [0.05, 0.1) is 12.9 Å². The highest BCUT2D eigenvalue weighted by Crippen LogP contribution is 2.30. The van der Waals surface area contributed by atoms with E-state index in [1.54, 1.807) is 31.4 Å². The maximum Gasteiger partial charge on any atom is 0.364 e. The van der Waals surface area contributed by atoms with Gasteiger partial charge < -0.3 is 14.6 Å². The van der Waals surface area contributed by atoms with E-state index in [1.807, 2.05) is 72.8 Å².